The van der Waals surface area contributed by atoms with E-state index in [1.807, 2.05) is 18.9 Å². The molecule has 4 heterocycles. The maximum absolute atomic E-state index is 13.3. The zero-order valence-electron chi connectivity index (χ0n) is 20.9. The number of likely N-dealkylation sites (N-methyl/N-ethyl adjacent to an activating group) is 1. The number of aliphatic hydroxyl groups is 1. The van der Waals surface area contributed by atoms with Crippen LogP contribution in [0.25, 0.3) is 0 Å². The summed E-state index contributed by atoms with van der Waals surface area (Å²) in [5.74, 6) is -1.02. The molecular formula is C24H37N5O5S. The molecule has 11 heteroatoms. The number of hydrogen-bond acceptors (Lipinski definition) is 7. The molecule has 35 heavy (non-hydrogen) atoms. The number of amides is 2. The van der Waals surface area contributed by atoms with Crippen LogP contribution in [0.1, 0.15) is 40.0 Å². The van der Waals surface area contributed by atoms with Crippen molar-refractivity contribution in [2.45, 2.75) is 63.5 Å². The Hall–Kier alpha value is -2.11. The van der Waals surface area contributed by atoms with Gasteiger partial charge in [0.25, 0.3) is 0 Å². The van der Waals surface area contributed by atoms with Crippen LogP contribution >= 0.6 is 11.8 Å². The highest BCUT2D eigenvalue weighted by molar-refractivity contribution is 8.03. The summed E-state index contributed by atoms with van der Waals surface area (Å²) in [5.41, 5.74) is 5.66. The molecule has 4 aliphatic heterocycles. The van der Waals surface area contributed by atoms with Crippen LogP contribution in [0.15, 0.2) is 15.6 Å². The molecule has 0 bridgehead atoms. The Morgan fingerprint density at radius 1 is 1.31 bits per heavy atom. The zero-order chi connectivity index (χ0) is 25.6. The number of likely N-dealkylation sites (tertiary alicyclic amines) is 2. The van der Waals surface area contributed by atoms with Crippen molar-refractivity contribution >= 4 is 35.4 Å². The first kappa shape index (κ1) is 26.0. The van der Waals surface area contributed by atoms with Gasteiger partial charge in [-0.3, -0.25) is 19.5 Å². The van der Waals surface area contributed by atoms with Crippen LogP contribution in [-0.2, 0) is 14.4 Å². The smallest absolute Gasteiger partial charge is 0.353 e. The van der Waals surface area contributed by atoms with Crippen LogP contribution in [0.3, 0.4) is 0 Å². The SMILES string of the molecule is CC(N)=NCCC1CCN(C(=O)[C@@H]2C[C@H](SC3=C(C(=O)O)N4C(=O)C([C@@H](C)O)C4[C@H]3C)CN2C)C1. The molecule has 4 N–H and O–H groups in total. The standard InChI is InChI=1S/C24H37N5O5S/c1-12-19-18(13(2)30)23(32)29(19)20(24(33)34)21(12)35-16-9-17(27(4)11-16)22(31)28-8-6-15(10-28)5-7-26-14(3)25/h12-13,15-19,30H,5-11H2,1-4H3,(H2,25,26)(H,33,34)/t12-,13-,15?,16+,17+,18?,19?/m1/s1. The van der Waals surface area contributed by atoms with Crippen molar-refractivity contribution < 1.29 is 24.6 Å². The van der Waals surface area contributed by atoms with E-state index in [-0.39, 0.29) is 40.8 Å². The number of rotatable bonds is 8. The zero-order valence-corrected chi connectivity index (χ0v) is 21.7. The summed E-state index contributed by atoms with van der Waals surface area (Å²) in [6.07, 6.45) is 1.71. The first-order valence-corrected chi connectivity index (χ1v) is 13.3. The predicted molar refractivity (Wildman–Crippen MR) is 134 cm³/mol. The molecule has 10 nitrogen and oxygen atoms in total. The molecule has 0 spiro atoms. The van der Waals surface area contributed by atoms with Gasteiger partial charge in [0, 0.05) is 42.3 Å². The van der Waals surface area contributed by atoms with Crippen LogP contribution in [0.4, 0.5) is 0 Å². The van der Waals surface area contributed by atoms with Gasteiger partial charge in [-0.1, -0.05) is 6.92 Å². The number of carboxylic acids is 1. The molecule has 3 saturated heterocycles. The summed E-state index contributed by atoms with van der Waals surface area (Å²) in [6.45, 7) is 8.14. The van der Waals surface area contributed by atoms with Gasteiger partial charge in [0.15, 0.2) is 0 Å². The van der Waals surface area contributed by atoms with Crippen molar-refractivity contribution in [3.05, 3.63) is 10.6 Å². The minimum Gasteiger partial charge on any atom is -0.477 e. The Balaban J connectivity index is 1.39. The van der Waals surface area contributed by atoms with Gasteiger partial charge in [-0.2, -0.15) is 0 Å². The first-order valence-electron chi connectivity index (χ1n) is 12.4. The number of nitrogens with two attached hydrogens (primary N) is 1. The second-order valence-corrected chi connectivity index (χ2v) is 11.8. The van der Waals surface area contributed by atoms with Crippen LogP contribution < -0.4 is 5.73 Å². The molecule has 0 aromatic rings. The number of aliphatic carboxylic acids is 1. The Morgan fingerprint density at radius 3 is 2.66 bits per heavy atom. The van der Waals surface area contributed by atoms with E-state index in [4.69, 9.17) is 5.73 Å². The molecule has 0 aromatic heterocycles. The highest BCUT2D eigenvalue weighted by Gasteiger charge is 2.60. The summed E-state index contributed by atoms with van der Waals surface area (Å²) in [4.78, 5) is 48.3. The van der Waals surface area contributed by atoms with Gasteiger partial charge in [0.05, 0.1) is 29.9 Å². The van der Waals surface area contributed by atoms with E-state index in [9.17, 15) is 24.6 Å². The van der Waals surface area contributed by atoms with Gasteiger partial charge < -0.3 is 25.7 Å². The normalized spacial score (nSPS) is 34.4. The van der Waals surface area contributed by atoms with Crippen molar-refractivity contribution in [3.8, 4) is 0 Å². The number of carboxylic acid groups (broad SMARTS) is 1. The van der Waals surface area contributed by atoms with Crippen molar-refractivity contribution in [3.63, 3.8) is 0 Å². The van der Waals surface area contributed by atoms with Crippen LogP contribution in [0, 0.1) is 17.8 Å². The van der Waals surface area contributed by atoms with Gasteiger partial charge in [-0.05, 0) is 46.1 Å². The third kappa shape index (κ3) is 4.82. The number of carbonyl (C=O) groups excluding carboxylic acids is 2. The molecule has 7 atom stereocenters. The van der Waals surface area contributed by atoms with Gasteiger partial charge >= 0.3 is 5.97 Å². The molecule has 0 saturated carbocycles. The predicted octanol–water partition coefficient (Wildman–Crippen LogP) is 0.562. The number of hydrogen-bond donors (Lipinski definition) is 3. The fourth-order valence-corrected chi connectivity index (χ4v) is 7.69. The molecule has 2 amide bonds. The van der Waals surface area contributed by atoms with Crippen molar-refractivity contribution in [2.24, 2.45) is 28.5 Å². The highest BCUT2D eigenvalue weighted by atomic mass is 32.2. The average molecular weight is 508 g/mol. The van der Waals surface area contributed by atoms with E-state index >= 15 is 0 Å². The van der Waals surface area contributed by atoms with E-state index in [1.54, 1.807) is 13.8 Å². The monoisotopic (exact) mass is 507 g/mol. The largest absolute Gasteiger partial charge is 0.477 e. The summed E-state index contributed by atoms with van der Waals surface area (Å²) < 4.78 is 0. The Kier molecular flexibility index (Phi) is 7.49. The van der Waals surface area contributed by atoms with Crippen molar-refractivity contribution in [1.29, 1.82) is 0 Å². The minimum atomic E-state index is -1.12. The number of aliphatic imine (C=N–C) groups is 1. The molecule has 3 unspecified atom stereocenters. The number of fused-ring (bicyclic) bond motifs is 1. The molecular weight excluding hydrogens is 470 g/mol. The Morgan fingerprint density at radius 2 is 2.03 bits per heavy atom. The van der Waals surface area contributed by atoms with Crippen molar-refractivity contribution in [2.75, 3.05) is 33.2 Å². The second kappa shape index (κ2) is 10.1. The third-order valence-electron chi connectivity index (χ3n) is 7.90. The number of nitrogens with zero attached hydrogens (tertiary/aromatic N) is 4. The van der Waals surface area contributed by atoms with E-state index in [0.717, 1.165) is 25.9 Å². The summed E-state index contributed by atoms with van der Waals surface area (Å²) in [6, 6.07) is -0.549. The summed E-state index contributed by atoms with van der Waals surface area (Å²) in [7, 11) is 1.94. The fraction of sp³-hybridized carbons (Fsp3) is 0.750. The number of β-lactam (4-membered cyclic amide) rings is 1. The third-order valence-corrected chi connectivity index (χ3v) is 9.39. The van der Waals surface area contributed by atoms with E-state index < -0.39 is 18.0 Å². The summed E-state index contributed by atoms with van der Waals surface area (Å²) in [5, 5.41) is 20.0. The first-order chi connectivity index (χ1) is 16.5. The molecule has 0 aromatic carbocycles. The van der Waals surface area contributed by atoms with Crippen LogP contribution in [0.2, 0.25) is 0 Å². The number of thioether (sulfide) groups is 1. The van der Waals surface area contributed by atoms with Gasteiger partial charge in [-0.25, -0.2) is 4.79 Å². The summed E-state index contributed by atoms with van der Waals surface area (Å²) >= 11 is 1.49. The molecule has 194 valence electrons. The number of carbonyl (C=O) groups is 3. The van der Waals surface area contributed by atoms with Crippen molar-refractivity contribution in [1.82, 2.24) is 14.7 Å². The van der Waals surface area contributed by atoms with Crippen LogP contribution in [0.5, 0.6) is 0 Å². The van der Waals surface area contributed by atoms with Gasteiger partial charge in [0.1, 0.15) is 5.70 Å². The fourth-order valence-electron chi connectivity index (χ4n) is 6.09. The molecule has 4 aliphatic rings. The van der Waals surface area contributed by atoms with E-state index in [1.165, 1.54) is 16.7 Å². The lowest BCUT2D eigenvalue weighted by Crippen LogP contribution is -2.63. The maximum atomic E-state index is 13.3. The second-order valence-electron chi connectivity index (χ2n) is 10.5. The van der Waals surface area contributed by atoms with Crippen LogP contribution in [-0.4, -0.2) is 105 Å². The number of aliphatic hydroxyl groups excluding tert-OH is 1. The van der Waals surface area contributed by atoms with Gasteiger partial charge in [0.2, 0.25) is 11.8 Å². The Labute approximate surface area is 210 Å². The highest BCUT2D eigenvalue weighted by Crippen LogP contribution is 2.52. The van der Waals surface area contributed by atoms with Gasteiger partial charge in [-0.15, -0.1) is 11.8 Å². The van der Waals surface area contributed by atoms with E-state index in [0.29, 0.717) is 36.2 Å². The maximum Gasteiger partial charge on any atom is 0.353 e. The molecule has 4 rings (SSSR count). The lowest BCUT2D eigenvalue weighted by atomic mass is 9.79. The lowest BCUT2D eigenvalue weighted by Gasteiger charge is -2.46. The topological polar surface area (TPSA) is 140 Å². The minimum absolute atomic E-state index is 0.0459. The molecule has 0 aliphatic carbocycles. The number of amidine groups is 1. The average Bonchev–Trinajstić information content (AvgIpc) is 3.44. The lowest BCUT2D eigenvalue weighted by molar-refractivity contribution is -0.163. The quantitative estimate of drug-likeness (QED) is 0.246. The van der Waals surface area contributed by atoms with E-state index in [2.05, 4.69) is 9.89 Å². The molecule has 3 fully saturated rings. The Bertz CT molecular complexity index is 949. The molecule has 0 radical (unpaired) electrons.